The van der Waals surface area contributed by atoms with Gasteiger partial charge in [-0.3, -0.25) is 4.79 Å². The number of rotatable bonds is 6. The summed E-state index contributed by atoms with van der Waals surface area (Å²) in [6.45, 7) is 1.59. The van der Waals surface area contributed by atoms with E-state index in [1.165, 1.54) is 19.3 Å². The molecule has 1 heterocycles. The largest absolute Gasteiger partial charge is 0.345 e. The third kappa shape index (κ3) is 3.55. The molecule has 1 aromatic carbocycles. The zero-order valence-corrected chi connectivity index (χ0v) is 14.5. The summed E-state index contributed by atoms with van der Waals surface area (Å²) in [5.74, 6) is 1.55. The second kappa shape index (κ2) is 6.98. The Balaban J connectivity index is 1.68. The second-order valence-electron chi connectivity index (χ2n) is 6.71. The first-order valence-corrected chi connectivity index (χ1v) is 8.32. The number of hydrogen-bond donors (Lipinski definition) is 0. The van der Waals surface area contributed by atoms with Crippen LogP contribution in [0.1, 0.15) is 35.2 Å². The van der Waals surface area contributed by atoms with Gasteiger partial charge >= 0.3 is 0 Å². The van der Waals surface area contributed by atoms with E-state index < -0.39 is 0 Å². The van der Waals surface area contributed by atoms with Crippen LogP contribution in [-0.2, 0) is 6.54 Å². The lowest BCUT2D eigenvalue weighted by molar-refractivity contribution is 0.0827. The average Bonchev–Trinajstić information content (AvgIpc) is 2.99. The van der Waals surface area contributed by atoms with Gasteiger partial charge in [0, 0.05) is 33.3 Å². The number of aromatic nitrogens is 4. The van der Waals surface area contributed by atoms with Crippen LogP contribution in [0.5, 0.6) is 0 Å². The predicted molar refractivity (Wildman–Crippen MR) is 92.0 cm³/mol. The molecule has 0 aliphatic heterocycles. The molecule has 1 amide bonds. The number of amides is 1. The van der Waals surface area contributed by atoms with Gasteiger partial charge in [-0.15, -0.1) is 0 Å². The average molecular weight is 328 g/mol. The van der Waals surface area contributed by atoms with Crippen LogP contribution in [0.4, 0.5) is 5.95 Å². The smallest absolute Gasteiger partial charge is 0.253 e. The molecule has 24 heavy (non-hydrogen) atoms. The van der Waals surface area contributed by atoms with Crippen molar-refractivity contribution >= 4 is 11.9 Å². The van der Waals surface area contributed by atoms with Crippen LogP contribution in [0.2, 0.25) is 0 Å². The van der Waals surface area contributed by atoms with Crippen LogP contribution in [0, 0.1) is 5.92 Å². The van der Waals surface area contributed by atoms with E-state index in [-0.39, 0.29) is 5.91 Å². The van der Waals surface area contributed by atoms with Crippen LogP contribution in [0.3, 0.4) is 0 Å². The Morgan fingerprint density at radius 3 is 2.50 bits per heavy atom. The first kappa shape index (κ1) is 16.4. The van der Waals surface area contributed by atoms with Crippen LogP contribution < -0.4 is 4.90 Å². The summed E-state index contributed by atoms with van der Waals surface area (Å²) < 4.78 is 1.81. The molecular formula is C17H24N6O. The number of nitrogens with zero attached hydrogens (tertiary/aromatic N) is 6. The molecule has 1 aliphatic carbocycles. The summed E-state index contributed by atoms with van der Waals surface area (Å²) in [6.07, 6.45) is 3.93. The van der Waals surface area contributed by atoms with E-state index in [2.05, 4.69) is 20.4 Å². The Morgan fingerprint density at radius 1 is 1.21 bits per heavy atom. The summed E-state index contributed by atoms with van der Waals surface area (Å²) in [5.41, 5.74) is 1.75. The van der Waals surface area contributed by atoms with E-state index in [0.717, 1.165) is 24.0 Å². The molecular weight excluding hydrogens is 304 g/mol. The van der Waals surface area contributed by atoms with Crippen LogP contribution >= 0.6 is 0 Å². The van der Waals surface area contributed by atoms with Crippen LogP contribution in [0.25, 0.3) is 0 Å². The number of benzene rings is 1. The molecule has 0 N–H and O–H groups in total. The molecule has 0 spiro atoms. The number of tetrazole rings is 1. The van der Waals surface area contributed by atoms with Crippen LogP contribution in [0.15, 0.2) is 24.3 Å². The highest BCUT2D eigenvalue weighted by atomic mass is 16.2. The highest BCUT2D eigenvalue weighted by Gasteiger charge is 2.21. The van der Waals surface area contributed by atoms with Gasteiger partial charge in [-0.2, -0.15) is 0 Å². The SMILES string of the molecule is CN(C)C(=O)c1ccc(Cn2nnnc2N(C)CC2CCC2)cc1. The molecule has 1 saturated carbocycles. The maximum atomic E-state index is 11.9. The maximum Gasteiger partial charge on any atom is 0.253 e. The van der Waals surface area contributed by atoms with Crippen molar-refractivity contribution in [2.75, 3.05) is 32.6 Å². The molecule has 1 aromatic heterocycles. The van der Waals surface area contributed by atoms with Crippen molar-refractivity contribution in [3.63, 3.8) is 0 Å². The van der Waals surface area contributed by atoms with Crippen LogP contribution in [-0.4, -0.2) is 58.7 Å². The van der Waals surface area contributed by atoms with Gasteiger partial charge < -0.3 is 9.80 Å². The second-order valence-corrected chi connectivity index (χ2v) is 6.71. The molecule has 0 radical (unpaired) electrons. The lowest BCUT2D eigenvalue weighted by atomic mass is 9.85. The van der Waals surface area contributed by atoms with Crippen molar-refractivity contribution in [1.29, 1.82) is 0 Å². The lowest BCUT2D eigenvalue weighted by Gasteiger charge is -2.30. The van der Waals surface area contributed by atoms with Gasteiger partial charge in [-0.1, -0.05) is 23.7 Å². The third-order valence-corrected chi connectivity index (χ3v) is 4.55. The van der Waals surface area contributed by atoms with Gasteiger partial charge in [-0.25, -0.2) is 4.68 Å². The minimum absolute atomic E-state index is 0.00453. The van der Waals surface area contributed by atoms with Crippen molar-refractivity contribution in [3.8, 4) is 0 Å². The highest BCUT2D eigenvalue weighted by molar-refractivity contribution is 5.93. The van der Waals surface area contributed by atoms with E-state index in [4.69, 9.17) is 0 Å². The summed E-state index contributed by atoms with van der Waals surface area (Å²) in [4.78, 5) is 15.6. The number of carbonyl (C=O) groups is 1. The van der Waals surface area contributed by atoms with Gasteiger partial charge in [0.15, 0.2) is 0 Å². The minimum atomic E-state index is 0.00453. The molecule has 1 fully saturated rings. The highest BCUT2D eigenvalue weighted by Crippen LogP contribution is 2.27. The van der Waals surface area contributed by atoms with E-state index in [1.54, 1.807) is 23.7 Å². The summed E-state index contributed by atoms with van der Waals surface area (Å²) in [6, 6.07) is 7.60. The quantitative estimate of drug-likeness (QED) is 0.807. The zero-order valence-electron chi connectivity index (χ0n) is 14.5. The molecule has 2 aromatic rings. The van der Waals surface area contributed by atoms with Crippen molar-refractivity contribution in [3.05, 3.63) is 35.4 Å². The molecule has 128 valence electrons. The Hall–Kier alpha value is -2.44. The minimum Gasteiger partial charge on any atom is -0.345 e. The van der Waals surface area contributed by atoms with Crippen molar-refractivity contribution in [2.45, 2.75) is 25.8 Å². The summed E-state index contributed by atoms with van der Waals surface area (Å²) >= 11 is 0. The van der Waals surface area contributed by atoms with Gasteiger partial charge in [0.1, 0.15) is 0 Å². The van der Waals surface area contributed by atoms with Crippen molar-refractivity contribution in [2.24, 2.45) is 5.92 Å². The fraction of sp³-hybridized carbons (Fsp3) is 0.529. The Kier molecular flexibility index (Phi) is 4.78. The fourth-order valence-electron chi connectivity index (χ4n) is 2.90. The number of carbonyl (C=O) groups excluding carboxylic acids is 1. The Labute approximate surface area is 142 Å². The Bertz CT molecular complexity index is 689. The normalized spacial score (nSPS) is 14.3. The Morgan fingerprint density at radius 2 is 1.92 bits per heavy atom. The molecule has 3 rings (SSSR count). The van der Waals surface area contributed by atoms with Gasteiger partial charge in [0.25, 0.3) is 5.91 Å². The number of anilines is 1. The molecule has 0 bridgehead atoms. The van der Waals surface area contributed by atoms with Gasteiger partial charge in [0.2, 0.25) is 5.95 Å². The van der Waals surface area contributed by atoms with Crippen molar-refractivity contribution < 1.29 is 4.79 Å². The molecule has 0 unspecified atom stereocenters. The fourth-order valence-corrected chi connectivity index (χ4v) is 2.90. The first-order chi connectivity index (χ1) is 11.5. The molecule has 1 aliphatic rings. The maximum absolute atomic E-state index is 11.9. The standard InChI is InChI=1S/C17H24N6O/c1-21(2)16(24)15-9-7-14(8-10-15)12-23-17(18-19-20-23)22(3)11-13-5-4-6-13/h7-10,13H,4-6,11-12H2,1-3H3. The molecule has 7 heteroatoms. The summed E-state index contributed by atoms with van der Waals surface area (Å²) in [5, 5.41) is 12.1. The zero-order chi connectivity index (χ0) is 17.1. The molecule has 0 atom stereocenters. The third-order valence-electron chi connectivity index (χ3n) is 4.55. The molecule has 7 nitrogen and oxygen atoms in total. The topological polar surface area (TPSA) is 67.2 Å². The number of hydrogen-bond acceptors (Lipinski definition) is 5. The molecule has 0 saturated heterocycles. The van der Waals surface area contributed by atoms with Gasteiger partial charge in [-0.05, 0) is 46.9 Å². The van der Waals surface area contributed by atoms with Crippen molar-refractivity contribution in [1.82, 2.24) is 25.1 Å². The monoisotopic (exact) mass is 328 g/mol. The predicted octanol–water partition coefficient (Wildman–Crippen LogP) is 1.66. The first-order valence-electron chi connectivity index (χ1n) is 8.32. The van der Waals surface area contributed by atoms with E-state index in [0.29, 0.717) is 12.1 Å². The van der Waals surface area contributed by atoms with E-state index in [1.807, 2.05) is 31.3 Å². The van der Waals surface area contributed by atoms with Gasteiger partial charge in [0.05, 0.1) is 6.54 Å². The lowest BCUT2D eigenvalue weighted by Crippen LogP contribution is -2.31. The van der Waals surface area contributed by atoms with E-state index in [9.17, 15) is 4.79 Å². The van der Waals surface area contributed by atoms with E-state index >= 15 is 0 Å². The summed E-state index contributed by atoms with van der Waals surface area (Å²) in [7, 11) is 5.54.